The van der Waals surface area contributed by atoms with Gasteiger partial charge < -0.3 is 4.57 Å². The Kier molecular flexibility index (Phi) is 4.04. The highest BCUT2D eigenvalue weighted by Gasteiger charge is 2.17. The molecule has 0 fully saturated rings. The topological polar surface area (TPSA) is 61.8 Å². The first-order valence-corrected chi connectivity index (χ1v) is 7.62. The van der Waals surface area contributed by atoms with Gasteiger partial charge in [-0.3, -0.25) is 9.36 Å². The van der Waals surface area contributed by atoms with Crippen LogP contribution in [0, 0.1) is 31.1 Å². The van der Waals surface area contributed by atoms with E-state index in [1.54, 1.807) is 18.7 Å². The molecule has 0 saturated carbocycles. The van der Waals surface area contributed by atoms with E-state index in [9.17, 15) is 9.59 Å². The molecule has 1 aromatic carbocycles. The fourth-order valence-electron chi connectivity index (χ4n) is 2.64. The van der Waals surface area contributed by atoms with Crippen LogP contribution in [0.1, 0.15) is 17.0 Å². The molecular formula is C19H16N4O2. The lowest BCUT2D eigenvalue weighted by molar-refractivity contribution is 0.674. The van der Waals surface area contributed by atoms with Crippen molar-refractivity contribution in [2.75, 3.05) is 0 Å². The monoisotopic (exact) mass is 332 g/mol. The summed E-state index contributed by atoms with van der Waals surface area (Å²) in [7, 11) is 3.25. The van der Waals surface area contributed by atoms with Gasteiger partial charge in [0, 0.05) is 19.7 Å². The van der Waals surface area contributed by atoms with Crippen molar-refractivity contribution in [2.45, 2.75) is 13.5 Å². The van der Waals surface area contributed by atoms with Crippen LogP contribution in [0.25, 0.3) is 11.2 Å². The normalized spacial score (nSPS) is 10.3. The highest BCUT2D eigenvalue weighted by molar-refractivity contribution is 5.72. The fourth-order valence-corrected chi connectivity index (χ4v) is 2.64. The highest BCUT2D eigenvalue weighted by atomic mass is 16.2. The van der Waals surface area contributed by atoms with Gasteiger partial charge in [-0.1, -0.05) is 24.0 Å². The summed E-state index contributed by atoms with van der Waals surface area (Å²) >= 11 is 0. The second-order valence-electron chi connectivity index (χ2n) is 5.72. The Hall–Kier alpha value is -3.51. The molecule has 2 heterocycles. The van der Waals surface area contributed by atoms with Gasteiger partial charge in [0.1, 0.15) is 0 Å². The SMILES string of the molecule is C#CCn1c(=O)c2c(nc(C#Cc3cccc(C)c3)n2C)n(C)c1=O. The molecule has 2 aromatic heterocycles. The van der Waals surface area contributed by atoms with Crippen molar-refractivity contribution in [1.29, 1.82) is 0 Å². The van der Waals surface area contributed by atoms with Crippen LogP contribution in [0.4, 0.5) is 0 Å². The van der Waals surface area contributed by atoms with Crippen molar-refractivity contribution < 1.29 is 0 Å². The summed E-state index contributed by atoms with van der Waals surface area (Å²) in [5, 5.41) is 0. The van der Waals surface area contributed by atoms with Crippen LogP contribution in [0.2, 0.25) is 0 Å². The van der Waals surface area contributed by atoms with Gasteiger partial charge in [-0.05, 0) is 30.5 Å². The third-order valence-electron chi connectivity index (χ3n) is 3.95. The predicted octanol–water partition coefficient (Wildman–Crippen LogP) is 0.775. The molecule has 0 saturated heterocycles. The van der Waals surface area contributed by atoms with E-state index in [0.29, 0.717) is 17.0 Å². The zero-order chi connectivity index (χ0) is 18.1. The van der Waals surface area contributed by atoms with Gasteiger partial charge in [-0.15, -0.1) is 6.42 Å². The summed E-state index contributed by atoms with van der Waals surface area (Å²) in [6.07, 6.45) is 5.26. The Morgan fingerprint density at radius 1 is 1.16 bits per heavy atom. The van der Waals surface area contributed by atoms with E-state index < -0.39 is 11.2 Å². The molecule has 124 valence electrons. The Bertz CT molecular complexity index is 1210. The van der Waals surface area contributed by atoms with Crippen molar-refractivity contribution in [3.8, 4) is 24.2 Å². The summed E-state index contributed by atoms with van der Waals surface area (Å²) in [6, 6.07) is 7.78. The summed E-state index contributed by atoms with van der Waals surface area (Å²) in [5.41, 5.74) is 1.59. The first-order chi connectivity index (χ1) is 11.9. The number of hydrogen-bond acceptors (Lipinski definition) is 3. The average Bonchev–Trinajstić information content (AvgIpc) is 2.92. The van der Waals surface area contributed by atoms with Gasteiger partial charge in [0.05, 0.1) is 6.54 Å². The maximum absolute atomic E-state index is 12.6. The Morgan fingerprint density at radius 3 is 2.60 bits per heavy atom. The van der Waals surface area contributed by atoms with E-state index >= 15 is 0 Å². The van der Waals surface area contributed by atoms with E-state index in [1.165, 1.54) is 4.57 Å². The predicted molar refractivity (Wildman–Crippen MR) is 96.2 cm³/mol. The molecule has 0 unspecified atom stereocenters. The molecule has 0 N–H and O–H groups in total. The lowest BCUT2D eigenvalue weighted by Crippen LogP contribution is -2.39. The second kappa shape index (κ2) is 6.18. The largest absolute Gasteiger partial charge is 0.333 e. The molecule has 0 atom stereocenters. The third kappa shape index (κ3) is 2.75. The van der Waals surface area contributed by atoms with Crippen LogP contribution in [0.3, 0.4) is 0 Å². The molecule has 6 nitrogen and oxygen atoms in total. The van der Waals surface area contributed by atoms with Crippen molar-refractivity contribution >= 4 is 11.2 Å². The maximum atomic E-state index is 12.6. The zero-order valence-electron chi connectivity index (χ0n) is 14.2. The fraction of sp³-hybridized carbons (Fsp3) is 0.211. The zero-order valence-corrected chi connectivity index (χ0v) is 14.2. The number of rotatable bonds is 1. The van der Waals surface area contributed by atoms with Crippen LogP contribution in [0.5, 0.6) is 0 Å². The molecule has 0 aliphatic rings. The van der Waals surface area contributed by atoms with Gasteiger partial charge >= 0.3 is 5.69 Å². The quantitative estimate of drug-likeness (QED) is 0.619. The molecule has 3 rings (SSSR count). The lowest BCUT2D eigenvalue weighted by atomic mass is 10.1. The molecule has 3 aromatic rings. The minimum absolute atomic E-state index is 0.0864. The molecule has 0 bridgehead atoms. The molecular weight excluding hydrogens is 316 g/mol. The third-order valence-corrected chi connectivity index (χ3v) is 3.95. The summed E-state index contributed by atoms with van der Waals surface area (Å²) in [5.74, 6) is 8.74. The molecule has 0 aliphatic heterocycles. The number of nitrogens with zero attached hydrogens (tertiary/aromatic N) is 4. The van der Waals surface area contributed by atoms with E-state index in [1.807, 2.05) is 31.2 Å². The van der Waals surface area contributed by atoms with Crippen LogP contribution in [-0.2, 0) is 20.6 Å². The van der Waals surface area contributed by atoms with Crippen LogP contribution >= 0.6 is 0 Å². The number of terminal acetylenes is 1. The number of aryl methyl sites for hydroxylation is 3. The van der Waals surface area contributed by atoms with Gasteiger partial charge in [0.15, 0.2) is 17.0 Å². The number of fused-ring (bicyclic) bond motifs is 1. The van der Waals surface area contributed by atoms with E-state index in [-0.39, 0.29) is 6.54 Å². The van der Waals surface area contributed by atoms with Crippen molar-refractivity contribution in [3.05, 3.63) is 62.1 Å². The van der Waals surface area contributed by atoms with Crippen LogP contribution in [0.15, 0.2) is 33.9 Å². The molecule has 6 heteroatoms. The standard InChI is InChI=1S/C19H16N4O2/c1-5-11-23-18(24)16-17(22(4)19(23)25)20-15(21(16)3)10-9-14-8-6-7-13(2)12-14/h1,6-8,12H,11H2,2-4H3. The lowest BCUT2D eigenvalue weighted by Gasteiger charge is -2.05. The Labute approximate surface area is 144 Å². The first-order valence-electron chi connectivity index (χ1n) is 7.62. The highest BCUT2D eigenvalue weighted by Crippen LogP contribution is 2.09. The minimum atomic E-state index is -0.494. The summed E-state index contributed by atoms with van der Waals surface area (Å²) < 4.78 is 3.92. The second-order valence-corrected chi connectivity index (χ2v) is 5.72. The smallest absolute Gasteiger partial charge is 0.314 e. The molecule has 0 aliphatic carbocycles. The van der Waals surface area contributed by atoms with Crippen LogP contribution in [-0.4, -0.2) is 18.7 Å². The van der Waals surface area contributed by atoms with Crippen molar-refractivity contribution in [2.24, 2.45) is 14.1 Å². The maximum Gasteiger partial charge on any atom is 0.333 e. The van der Waals surface area contributed by atoms with E-state index in [2.05, 4.69) is 22.7 Å². The van der Waals surface area contributed by atoms with Crippen molar-refractivity contribution in [1.82, 2.24) is 18.7 Å². The molecule has 0 amide bonds. The number of hydrogen-bond donors (Lipinski definition) is 0. The summed E-state index contributed by atoms with van der Waals surface area (Å²) in [4.78, 5) is 29.2. The average molecular weight is 332 g/mol. The van der Waals surface area contributed by atoms with E-state index in [0.717, 1.165) is 15.7 Å². The van der Waals surface area contributed by atoms with Gasteiger partial charge in [-0.25, -0.2) is 14.3 Å². The molecule has 0 spiro atoms. The van der Waals surface area contributed by atoms with Crippen molar-refractivity contribution in [3.63, 3.8) is 0 Å². The van der Waals surface area contributed by atoms with E-state index in [4.69, 9.17) is 6.42 Å². The minimum Gasteiger partial charge on any atom is -0.314 e. The molecule has 25 heavy (non-hydrogen) atoms. The van der Waals surface area contributed by atoms with Gasteiger partial charge in [0.25, 0.3) is 5.56 Å². The molecule has 0 radical (unpaired) electrons. The summed E-state index contributed by atoms with van der Waals surface area (Å²) in [6.45, 7) is 1.90. The number of aromatic nitrogens is 4. The van der Waals surface area contributed by atoms with Crippen LogP contribution < -0.4 is 11.2 Å². The van der Waals surface area contributed by atoms with Gasteiger partial charge in [-0.2, -0.15) is 0 Å². The Morgan fingerprint density at radius 2 is 1.92 bits per heavy atom. The number of benzene rings is 1. The van der Waals surface area contributed by atoms with Gasteiger partial charge in [0.2, 0.25) is 0 Å². The number of imidazole rings is 1. The first kappa shape index (κ1) is 16.4. The Balaban J connectivity index is 2.24.